The number of nitrogens with one attached hydrogen (secondary N) is 1. The summed E-state index contributed by atoms with van der Waals surface area (Å²) in [5.41, 5.74) is 0. The Morgan fingerprint density at radius 2 is 1.92 bits per heavy atom. The van der Waals surface area contributed by atoms with Crippen LogP contribution < -0.4 is 5.32 Å². The lowest BCUT2D eigenvalue weighted by atomic mass is 9.85. The van der Waals surface area contributed by atoms with Crippen LogP contribution in [0.1, 0.15) is 25.0 Å². The monoisotopic (exact) mass is 361 g/mol. The van der Waals surface area contributed by atoms with Gasteiger partial charge in [-0.15, -0.1) is 0 Å². The lowest BCUT2D eigenvalue weighted by Crippen LogP contribution is -2.33. The Kier molecular flexibility index (Phi) is 5.15. The summed E-state index contributed by atoms with van der Waals surface area (Å²) in [7, 11) is 0. The topological polar surface area (TPSA) is 119 Å². The molecule has 0 aromatic carbocycles. The van der Waals surface area contributed by atoms with Crippen molar-refractivity contribution in [1.29, 1.82) is 0 Å². The summed E-state index contributed by atoms with van der Waals surface area (Å²) in [5, 5.41) is 6.01. The van der Waals surface area contributed by atoms with Crippen LogP contribution in [0.15, 0.2) is 22.7 Å². The van der Waals surface area contributed by atoms with Gasteiger partial charge in [-0.3, -0.25) is 24.1 Å². The molecule has 3 rings (SSSR count). The molecule has 2 heterocycles. The Morgan fingerprint density at radius 1 is 1.27 bits per heavy atom. The molecule has 2 aliphatic rings. The number of likely N-dealkylation sites (tertiary alicyclic amines) is 1. The van der Waals surface area contributed by atoms with Crippen LogP contribution in [0, 0.1) is 18.8 Å². The van der Waals surface area contributed by atoms with E-state index in [2.05, 4.69) is 10.5 Å². The van der Waals surface area contributed by atoms with Gasteiger partial charge in [0, 0.05) is 12.6 Å². The number of carbonyl (C=O) groups excluding carboxylic acids is 4. The number of nitrogens with zero attached hydrogens (tertiary/aromatic N) is 2. The van der Waals surface area contributed by atoms with E-state index < -0.39 is 18.5 Å². The van der Waals surface area contributed by atoms with E-state index in [1.165, 1.54) is 6.07 Å². The van der Waals surface area contributed by atoms with Gasteiger partial charge in [0.25, 0.3) is 5.91 Å². The molecule has 9 heteroatoms. The van der Waals surface area contributed by atoms with Gasteiger partial charge in [0.15, 0.2) is 12.4 Å². The minimum atomic E-state index is -0.662. The third-order valence-corrected chi connectivity index (χ3v) is 4.40. The first-order valence-electron chi connectivity index (χ1n) is 8.34. The molecule has 9 nitrogen and oxygen atoms in total. The SMILES string of the molecule is Cc1cc(NC(=O)COC(=O)CCN2C(=O)[C@H]3CC=CC[C@H]3C2=O)no1. The van der Waals surface area contributed by atoms with E-state index in [4.69, 9.17) is 9.26 Å². The van der Waals surface area contributed by atoms with Crippen LogP contribution in [-0.4, -0.2) is 46.9 Å². The molecule has 0 spiro atoms. The van der Waals surface area contributed by atoms with Gasteiger partial charge in [0.1, 0.15) is 5.76 Å². The van der Waals surface area contributed by atoms with Crippen molar-refractivity contribution in [3.05, 3.63) is 24.0 Å². The quantitative estimate of drug-likeness (QED) is 0.452. The number of allylic oxidation sites excluding steroid dienone is 2. The van der Waals surface area contributed by atoms with Crippen LogP contribution in [0.3, 0.4) is 0 Å². The predicted octanol–water partition coefficient (Wildman–Crippen LogP) is 0.806. The molecule has 3 amide bonds. The molecule has 0 bridgehead atoms. The highest BCUT2D eigenvalue weighted by Crippen LogP contribution is 2.34. The van der Waals surface area contributed by atoms with Crippen molar-refractivity contribution in [2.24, 2.45) is 11.8 Å². The molecule has 1 aliphatic heterocycles. The molecule has 0 saturated carbocycles. The minimum Gasteiger partial charge on any atom is -0.456 e. The van der Waals surface area contributed by atoms with Crippen LogP contribution in [0.2, 0.25) is 0 Å². The molecule has 138 valence electrons. The number of hydrogen-bond acceptors (Lipinski definition) is 7. The second-order valence-electron chi connectivity index (χ2n) is 6.27. The number of amides is 3. The zero-order valence-electron chi connectivity index (χ0n) is 14.3. The number of carbonyl (C=O) groups is 4. The van der Waals surface area contributed by atoms with Gasteiger partial charge in [-0.1, -0.05) is 17.3 Å². The number of imide groups is 1. The molecule has 0 radical (unpaired) electrons. The van der Waals surface area contributed by atoms with E-state index in [0.717, 1.165) is 4.90 Å². The largest absolute Gasteiger partial charge is 0.456 e. The summed E-state index contributed by atoms with van der Waals surface area (Å²) < 4.78 is 9.66. The molecule has 1 N–H and O–H groups in total. The summed E-state index contributed by atoms with van der Waals surface area (Å²) in [5.74, 6) is -1.57. The van der Waals surface area contributed by atoms with Crippen molar-refractivity contribution in [3.8, 4) is 0 Å². The lowest BCUT2D eigenvalue weighted by Gasteiger charge is -2.14. The molecule has 2 atom stereocenters. The minimum absolute atomic E-state index is 0.0341. The van der Waals surface area contributed by atoms with Crippen molar-refractivity contribution < 1.29 is 28.4 Å². The second-order valence-corrected chi connectivity index (χ2v) is 6.27. The number of fused-ring (bicyclic) bond motifs is 1. The van der Waals surface area contributed by atoms with E-state index in [-0.39, 0.29) is 42.4 Å². The van der Waals surface area contributed by atoms with E-state index in [0.29, 0.717) is 18.6 Å². The summed E-state index contributed by atoms with van der Waals surface area (Å²) in [6.07, 6.45) is 4.76. The van der Waals surface area contributed by atoms with Gasteiger partial charge < -0.3 is 14.6 Å². The van der Waals surface area contributed by atoms with Gasteiger partial charge >= 0.3 is 5.97 Å². The Hall–Kier alpha value is -2.97. The van der Waals surface area contributed by atoms with Crippen LogP contribution >= 0.6 is 0 Å². The van der Waals surface area contributed by atoms with Crippen molar-refractivity contribution in [2.45, 2.75) is 26.2 Å². The van der Waals surface area contributed by atoms with E-state index in [1.54, 1.807) is 6.92 Å². The first-order valence-corrected chi connectivity index (χ1v) is 8.34. The molecule has 1 aromatic rings. The van der Waals surface area contributed by atoms with E-state index in [9.17, 15) is 19.2 Å². The third-order valence-electron chi connectivity index (χ3n) is 4.40. The Balaban J connectivity index is 1.42. The van der Waals surface area contributed by atoms with Crippen LogP contribution in [-0.2, 0) is 23.9 Å². The number of hydrogen-bond donors (Lipinski definition) is 1. The highest BCUT2D eigenvalue weighted by molar-refractivity contribution is 6.05. The smallest absolute Gasteiger partial charge is 0.308 e. The standard InChI is InChI=1S/C17H19N3O6/c1-10-8-13(19-26-10)18-14(21)9-25-15(22)6-7-20-16(23)11-4-2-3-5-12(11)17(20)24/h2-3,8,11-12H,4-7,9H2,1H3,(H,18,19,21)/t11-,12+. The van der Waals surface area contributed by atoms with Crippen LogP contribution in [0.5, 0.6) is 0 Å². The highest BCUT2D eigenvalue weighted by Gasteiger charge is 2.46. The van der Waals surface area contributed by atoms with Gasteiger partial charge in [-0.05, 0) is 19.8 Å². The normalized spacial score (nSPS) is 21.7. The van der Waals surface area contributed by atoms with Crippen LogP contribution in [0.4, 0.5) is 5.82 Å². The van der Waals surface area contributed by atoms with Crippen molar-refractivity contribution >= 4 is 29.5 Å². The molecule has 26 heavy (non-hydrogen) atoms. The van der Waals surface area contributed by atoms with E-state index >= 15 is 0 Å². The molecule has 1 aromatic heterocycles. The first-order chi connectivity index (χ1) is 12.5. The number of esters is 1. The van der Waals surface area contributed by atoms with E-state index in [1.807, 2.05) is 12.2 Å². The van der Waals surface area contributed by atoms with Gasteiger partial charge in [-0.25, -0.2) is 0 Å². The Bertz CT molecular complexity index is 742. The summed E-state index contributed by atoms with van der Waals surface area (Å²) in [4.78, 5) is 49.1. The lowest BCUT2D eigenvalue weighted by molar-refractivity contribution is -0.148. The molecule has 1 saturated heterocycles. The summed E-state index contributed by atoms with van der Waals surface area (Å²) in [6, 6.07) is 1.53. The number of anilines is 1. The Labute approximate surface area is 149 Å². The van der Waals surface area contributed by atoms with Crippen LogP contribution in [0.25, 0.3) is 0 Å². The number of rotatable bonds is 6. The summed E-state index contributed by atoms with van der Waals surface area (Å²) in [6.45, 7) is 1.16. The first kappa shape index (κ1) is 17.8. The third kappa shape index (κ3) is 3.81. The number of ether oxygens (including phenoxy) is 1. The number of aromatic nitrogens is 1. The average molecular weight is 361 g/mol. The summed E-state index contributed by atoms with van der Waals surface area (Å²) >= 11 is 0. The molecule has 1 aliphatic carbocycles. The van der Waals surface area contributed by atoms with Crippen molar-refractivity contribution in [2.75, 3.05) is 18.5 Å². The fraction of sp³-hybridized carbons (Fsp3) is 0.471. The average Bonchev–Trinajstić information content (AvgIpc) is 3.13. The predicted molar refractivity (Wildman–Crippen MR) is 87.5 cm³/mol. The fourth-order valence-electron chi connectivity index (χ4n) is 3.11. The maximum Gasteiger partial charge on any atom is 0.308 e. The zero-order chi connectivity index (χ0) is 18.7. The maximum atomic E-state index is 12.3. The zero-order valence-corrected chi connectivity index (χ0v) is 14.3. The van der Waals surface area contributed by atoms with Gasteiger partial charge in [-0.2, -0.15) is 0 Å². The highest BCUT2D eigenvalue weighted by atomic mass is 16.5. The van der Waals surface area contributed by atoms with Gasteiger partial charge in [0.2, 0.25) is 11.8 Å². The molecular formula is C17H19N3O6. The second kappa shape index (κ2) is 7.51. The van der Waals surface area contributed by atoms with Crippen molar-refractivity contribution in [1.82, 2.24) is 10.1 Å². The van der Waals surface area contributed by atoms with Crippen molar-refractivity contribution in [3.63, 3.8) is 0 Å². The number of aryl methyl sites for hydroxylation is 1. The fourth-order valence-corrected chi connectivity index (χ4v) is 3.11. The van der Waals surface area contributed by atoms with Gasteiger partial charge in [0.05, 0.1) is 18.3 Å². The molecule has 1 fully saturated rings. The molecular weight excluding hydrogens is 342 g/mol. The molecule has 0 unspecified atom stereocenters. The maximum absolute atomic E-state index is 12.3. The Morgan fingerprint density at radius 3 is 2.50 bits per heavy atom.